The third-order valence-corrected chi connectivity index (χ3v) is 3.55. The number of ether oxygens (including phenoxy) is 3. The molecule has 0 aliphatic carbocycles. The number of hydrogen-bond donors (Lipinski definition) is 2. The number of carbonyl (C=O) groups is 1. The summed E-state index contributed by atoms with van der Waals surface area (Å²) >= 11 is 0. The van der Waals surface area contributed by atoms with E-state index in [-0.39, 0.29) is 18.0 Å². The molecule has 0 radical (unpaired) electrons. The fourth-order valence-electron chi connectivity index (χ4n) is 2.24. The Morgan fingerprint density at radius 1 is 1.00 bits per heavy atom. The second-order valence-electron chi connectivity index (χ2n) is 5.14. The molecule has 0 bridgehead atoms. The van der Waals surface area contributed by atoms with Crippen molar-refractivity contribution >= 4 is 17.4 Å². The molecule has 2 amide bonds. The minimum absolute atomic E-state index is 0.127. The summed E-state index contributed by atoms with van der Waals surface area (Å²) in [7, 11) is 4.44. The predicted molar refractivity (Wildman–Crippen MR) is 95.1 cm³/mol. The van der Waals surface area contributed by atoms with E-state index in [1.807, 2.05) is 0 Å². The Bertz CT molecular complexity index is 809. The Hall–Kier alpha value is -3.49. The number of amides is 2. The van der Waals surface area contributed by atoms with E-state index >= 15 is 0 Å². The molecule has 0 heterocycles. The van der Waals surface area contributed by atoms with Gasteiger partial charge in [-0.05, 0) is 23.8 Å². The molecule has 0 aromatic heterocycles. The van der Waals surface area contributed by atoms with Gasteiger partial charge in [0.1, 0.15) is 5.75 Å². The van der Waals surface area contributed by atoms with Crippen LogP contribution in [0.25, 0.3) is 0 Å². The van der Waals surface area contributed by atoms with Crippen molar-refractivity contribution in [3.05, 3.63) is 52.1 Å². The largest absolute Gasteiger partial charge is 0.494 e. The summed E-state index contributed by atoms with van der Waals surface area (Å²) in [6.07, 6.45) is 0. The van der Waals surface area contributed by atoms with Crippen molar-refractivity contribution < 1.29 is 23.9 Å². The molecule has 0 aliphatic rings. The summed E-state index contributed by atoms with van der Waals surface area (Å²) in [6.45, 7) is 0.251. The highest BCUT2D eigenvalue weighted by molar-refractivity contribution is 5.91. The fraction of sp³-hybridized carbons (Fsp3) is 0.235. The second-order valence-corrected chi connectivity index (χ2v) is 5.14. The van der Waals surface area contributed by atoms with Gasteiger partial charge in [0.2, 0.25) is 0 Å². The lowest BCUT2D eigenvalue weighted by atomic mass is 10.2. The van der Waals surface area contributed by atoms with Gasteiger partial charge in [-0.1, -0.05) is 6.07 Å². The van der Waals surface area contributed by atoms with Crippen LogP contribution < -0.4 is 24.8 Å². The number of methoxy groups -OCH3 is 3. The van der Waals surface area contributed by atoms with Crippen molar-refractivity contribution in [1.82, 2.24) is 5.32 Å². The Morgan fingerprint density at radius 2 is 1.69 bits per heavy atom. The molecule has 0 aliphatic heterocycles. The maximum Gasteiger partial charge on any atom is 0.319 e. The molecular weight excluding hydrogens is 342 g/mol. The van der Waals surface area contributed by atoms with Crippen molar-refractivity contribution in [2.75, 3.05) is 26.6 Å². The molecule has 0 fully saturated rings. The number of rotatable bonds is 7. The summed E-state index contributed by atoms with van der Waals surface area (Å²) in [5, 5.41) is 16.1. The number of urea groups is 1. The van der Waals surface area contributed by atoms with E-state index in [0.29, 0.717) is 17.2 Å². The van der Waals surface area contributed by atoms with E-state index in [2.05, 4.69) is 10.6 Å². The molecule has 0 saturated carbocycles. The first-order valence-corrected chi connectivity index (χ1v) is 7.56. The molecule has 9 nitrogen and oxygen atoms in total. The van der Waals surface area contributed by atoms with Crippen LogP contribution in [0.3, 0.4) is 0 Å². The maximum absolute atomic E-state index is 12.1. The molecule has 2 aromatic carbocycles. The average molecular weight is 361 g/mol. The summed E-state index contributed by atoms with van der Waals surface area (Å²) in [4.78, 5) is 22.3. The third kappa shape index (κ3) is 4.53. The lowest BCUT2D eigenvalue weighted by molar-refractivity contribution is -0.384. The number of non-ortho nitro benzene ring substituents is 1. The zero-order valence-corrected chi connectivity index (χ0v) is 14.6. The van der Waals surface area contributed by atoms with Gasteiger partial charge in [-0.15, -0.1) is 0 Å². The van der Waals surface area contributed by atoms with Crippen LogP contribution in [0, 0.1) is 10.1 Å². The standard InChI is InChI=1S/C17H19N3O6/c1-24-14-7-4-11(8-16(14)26-3)10-18-17(21)19-13-6-5-12(20(22)23)9-15(13)25-2/h4-9H,10H2,1-3H3,(H2,18,19,21). The summed E-state index contributed by atoms with van der Waals surface area (Å²) < 4.78 is 15.5. The molecule has 9 heteroatoms. The summed E-state index contributed by atoms with van der Waals surface area (Å²) in [6, 6.07) is 8.75. The zero-order valence-electron chi connectivity index (χ0n) is 14.6. The number of carbonyl (C=O) groups excluding carboxylic acids is 1. The molecular formula is C17H19N3O6. The number of hydrogen-bond acceptors (Lipinski definition) is 6. The van der Waals surface area contributed by atoms with E-state index in [1.54, 1.807) is 25.3 Å². The van der Waals surface area contributed by atoms with E-state index in [0.717, 1.165) is 5.56 Å². The van der Waals surface area contributed by atoms with Crippen molar-refractivity contribution in [2.24, 2.45) is 0 Å². The van der Waals surface area contributed by atoms with Gasteiger partial charge in [0.15, 0.2) is 11.5 Å². The van der Waals surface area contributed by atoms with Crippen molar-refractivity contribution in [3.63, 3.8) is 0 Å². The number of anilines is 1. The van der Waals surface area contributed by atoms with Crippen molar-refractivity contribution in [3.8, 4) is 17.2 Å². The van der Waals surface area contributed by atoms with Crippen LogP contribution in [0.1, 0.15) is 5.56 Å². The molecule has 26 heavy (non-hydrogen) atoms. The predicted octanol–water partition coefficient (Wildman–Crippen LogP) is 2.94. The summed E-state index contributed by atoms with van der Waals surface area (Å²) in [5.74, 6) is 1.35. The normalized spacial score (nSPS) is 9.96. The minimum atomic E-state index is -0.538. The number of nitrogens with one attached hydrogen (secondary N) is 2. The van der Waals surface area contributed by atoms with Crippen LogP contribution in [0.4, 0.5) is 16.2 Å². The highest BCUT2D eigenvalue weighted by Gasteiger charge is 2.13. The SMILES string of the molecule is COc1cc([N+](=O)[O-])ccc1NC(=O)NCc1ccc(OC)c(OC)c1. The monoisotopic (exact) mass is 361 g/mol. The number of nitro groups is 1. The highest BCUT2D eigenvalue weighted by Crippen LogP contribution is 2.29. The van der Waals surface area contributed by atoms with Crippen LogP contribution in [0.15, 0.2) is 36.4 Å². The fourth-order valence-corrected chi connectivity index (χ4v) is 2.24. The van der Waals surface area contributed by atoms with Crippen LogP contribution >= 0.6 is 0 Å². The van der Waals surface area contributed by atoms with E-state index in [1.165, 1.54) is 32.4 Å². The summed E-state index contributed by atoms with van der Waals surface area (Å²) in [5.41, 5.74) is 1.01. The molecule has 0 atom stereocenters. The lowest BCUT2D eigenvalue weighted by Gasteiger charge is -2.12. The van der Waals surface area contributed by atoms with Gasteiger partial charge in [-0.25, -0.2) is 4.79 Å². The quantitative estimate of drug-likeness (QED) is 0.579. The van der Waals surface area contributed by atoms with Gasteiger partial charge in [-0.3, -0.25) is 10.1 Å². The minimum Gasteiger partial charge on any atom is -0.494 e. The molecule has 2 N–H and O–H groups in total. The highest BCUT2D eigenvalue weighted by atomic mass is 16.6. The average Bonchev–Trinajstić information content (AvgIpc) is 2.66. The van der Waals surface area contributed by atoms with Gasteiger partial charge >= 0.3 is 6.03 Å². The van der Waals surface area contributed by atoms with Gasteiger partial charge < -0.3 is 24.8 Å². The van der Waals surface area contributed by atoms with Crippen molar-refractivity contribution in [1.29, 1.82) is 0 Å². The number of benzene rings is 2. The second kappa shape index (κ2) is 8.56. The Labute approximate surface area is 150 Å². The first-order chi connectivity index (χ1) is 12.5. The van der Waals surface area contributed by atoms with Crippen LogP contribution in [-0.2, 0) is 6.54 Å². The number of nitrogens with zero attached hydrogens (tertiary/aromatic N) is 1. The van der Waals surface area contributed by atoms with E-state index < -0.39 is 11.0 Å². The van der Waals surface area contributed by atoms with E-state index in [9.17, 15) is 14.9 Å². The van der Waals surface area contributed by atoms with Crippen molar-refractivity contribution in [2.45, 2.75) is 6.54 Å². The first kappa shape index (κ1) is 18.8. The Morgan fingerprint density at radius 3 is 2.31 bits per heavy atom. The van der Waals surface area contributed by atoms with Gasteiger partial charge in [0, 0.05) is 12.6 Å². The smallest absolute Gasteiger partial charge is 0.319 e. The molecule has 138 valence electrons. The third-order valence-electron chi connectivity index (χ3n) is 3.55. The van der Waals surface area contributed by atoms with E-state index in [4.69, 9.17) is 14.2 Å². The van der Waals surface area contributed by atoms with Gasteiger partial charge in [0.05, 0.1) is 38.0 Å². The van der Waals surface area contributed by atoms with Crippen LogP contribution in [0.2, 0.25) is 0 Å². The van der Waals surface area contributed by atoms with Gasteiger partial charge in [0.25, 0.3) is 5.69 Å². The van der Waals surface area contributed by atoms with Gasteiger partial charge in [-0.2, -0.15) is 0 Å². The van der Waals surface area contributed by atoms with Crippen LogP contribution in [-0.4, -0.2) is 32.3 Å². The molecule has 0 spiro atoms. The first-order valence-electron chi connectivity index (χ1n) is 7.56. The topological polar surface area (TPSA) is 112 Å². The Kier molecular flexibility index (Phi) is 6.20. The lowest BCUT2D eigenvalue weighted by Crippen LogP contribution is -2.28. The molecule has 2 aromatic rings. The van der Waals surface area contributed by atoms with Crippen LogP contribution in [0.5, 0.6) is 17.2 Å². The maximum atomic E-state index is 12.1. The molecule has 2 rings (SSSR count). The molecule has 0 unspecified atom stereocenters. The molecule has 0 saturated heterocycles. The Balaban J connectivity index is 2.02. The number of nitro benzene ring substituents is 1. The zero-order chi connectivity index (χ0) is 19.1.